The van der Waals surface area contributed by atoms with E-state index in [0.717, 1.165) is 17.0 Å². The number of carbonyl (C=O) groups is 2. The molecule has 1 heterocycles. The van der Waals surface area contributed by atoms with Crippen molar-refractivity contribution in [1.82, 2.24) is 10.1 Å². The Labute approximate surface area is 128 Å². The highest BCUT2D eigenvalue weighted by molar-refractivity contribution is 7.99. The third kappa shape index (κ3) is 5.79. The van der Waals surface area contributed by atoms with Crippen LogP contribution in [-0.2, 0) is 15.3 Å². The first-order chi connectivity index (χ1) is 9.81. The lowest BCUT2D eigenvalue weighted by atomic mass is 10.2. The van der Waals surface area contributed by atoms with Crippen LogP contribution in [0.2, 0.25) is 0 Å². The van der Waals surface area contributed by atoms with Gasteiger partial charge in [0.1, 0.15) is 12.3 Å². The van der Waals surface area contributed by atoms with Crippen molar-refractivity contribution in [3.8, 4) is 0 Å². The molecule has 1 N–H and O–H groups in total. The first kappa shape index (κ1) is 17.6. The fourth-order valence-electron chi connectivity index (χ4n) is 1.90. The minimum atomic E-state index is -0.986. The van der Waals surface area contributed by atoms with Crippen LogP contribution in [0.15, 0.2) is 4.52 Å². The van der Waals surface area contributed by atoms with Gasteiger partial charge in [-0.05, 0) is 19.8 Å². The van der Waals surface area contributed by atoms with Crippen molar-refractivity contribution in [1.29, 1.82) is 0 Å². The van der Waals surface area contributed by atoms with E-state index in [1.165, 1.54) is 16.7 Å². The molecule has 1 aromatic rings. The molecule has 7 heteroatoms. The van der Waals surface area contributed by atoms with Crippen molar-refractivity contribution in [3.63, 3.8) is 0 Å². The molecular weight excluding hydrogens is 292 g/mol. The summed E-state index contributed by atoms with van der Waals surface area (Å²) in [4.78, 5) is 24.3. The summed E-state index contributed by atoms with van der Waals surface area (Å²) in [7, 11) is 0. The lowest BCUT2D eigenvalue weighted by Crippen LogP contribution is -2.39. The number of carboxylic acid groups (broad SMARTS) is 1. The van der Waals surface area contributed by atoms with Gasteiger partial charge in [0.05, 0.1) is 11.4 Å². The predicted octanol–water partition coefficient (Wildman–Crippen LogP) is 2.09. The largest absolute Gasteiger partial charge is 0.480 e. The van der Waals surface area contributed by atoms with Crippen LogP contribution in [0.5, 0.6) is 0 Å². The second kappa shape index (κ2) is 8.07. The van der Waals surface area contributed by atoms with E-state index in [2.05, 4.69) is 5.16 Å². The van der Waals surface area contributed by atoms with Crippen molar-refractivity contribution < 1.29 is 19.2 Å². The van der Waals surface area contributed by atoms with Gasteiger partial charge >= 0.3 is 5.97 Å². The van der Waals surface area contributed by atoms with E-state index in [0.29, 0.717) is 12.3 Å². The van der Waals surface area contributed by atoms with Crippen LogP contribution in [-0.4, -0.2) is 45.9 Å². The second-order valence-corrected chi connectivity index (χ2v) is 6.34. The molecule has 0 aromatic carbocycles. The van der Waals surface area contributed by atoms with Gasteiger partial charge in [-0.1, -0.05) is 19.0 Å². The highest BCUT2D eigenvalue weighted by atomic mass is 32.2. The highest BCUT2D eigenvalue weighted by Gasteiger charge is 2.18. The van der Waals surface area contributed by atoms with E-state index in [-0.39, 0.29) is 24.1 Å². The first-order valence-corrected chi connectivity index (χ1v) is 7.95. The number of amides is 1. The number of aryl methyl sites for hydroxylation is 2. The Morgan fingerprint density at radius 3 is 2.52 bits per heavy atom. The zero-order valence-electron chi connectivity index (χ0n) is 12.9. The van der Waals surface area contributed by atoms with Gasteiger partial charge in [0.25, 0.3) is 0 Å². The lowest BCUT2D eigenvalue weighted by molar-refractivity contribution is -0.143. The maximum absolute atomic E-state index is 12.1. The molecule has 21 heavy (non-hydrogen) atoms. The van der Waals surface area contributed by atoms with Crippen molar-refractivity contribution >= 4 is 23.6 Å². The highest BCUT2D eigenvalue weighted by Crippen LogP contribution is 2.19. The molecule has 0 aliphatic carbocycles. The van der Waals surface area contributed by atoms with Crippen LogP contribution in [0.4, 0.5) is 0 Å². The molecule has 0 bridgehead atoms. The molecule has 0 spiro atoms. The van der Waals surface area contributed by atoms with Crippen LogP contribution in [0, 0.1) is 19.8 Å². The fourth-order valence-corrected chi connectivity index (χ4v) is 2.97. The summed E-state index contributed by atoms with van der Waals surface area (Å²) in [5, 5.41) is 12.7. The molecule has 1 amide bonds. The second-order valence-electron chi connectivity index (χ2n) is 5.36. The first-order valence-electron chi connectivity index (χ1n) is 6.80. The van der Waals surface area contributed by atoms with Crippen LogP contribution < -0.4 is 0 Å². The van der Waals surface area contributed by atoms with Gasteiger partial charge in [-0.15, -0.1) is 11.8 Å². The molecule has 1 rings (SSSR count). The molecule has 0 aliphatic heterocycles. The van der Waals surface area contributed by atoms with Gasteiger partial charge in [0.2, 0.25) is 5.91 Å². The monoisotopic (exact) mass is 314 g/mol. The van der Waals surface area contributed by atoms with Gasteiger partial charge < -0.3 is 14.5 Å². The molecule has 0 atom stereocenters. The zero-order valence-corrected chi connectivity index (χ0v) is 13.7. The van der Waals surface area contributed by atoms with E-state index in [1.54, 1.807) is 0 Å². The number of rotatable bonds is 8. The van der Waals surface area contributed by atoms with Crippen LogP contribution in [0.25, 0.3) is 0 Å². The molecule has 6 nitrogen and oxygen atoms in total. The number of hydrogen-bond acceptors (Lipinski definition) is 5. The maximum atomic E-state index is 12.1. The number of aromatic nitrogens is 1. The summed E-state index contributed by atoms with van der Waals surface area (Å²) < 4.78 is 5.07. The molecule has 0 saturated carbocycles. The van der Waals surface area contributed by atoms with Gasteiger partial charge in [-0.3, -0.25) is 9.59 Å². The summed E-state index contributed by atoms with van der Waals surface area (Å²) >= 11 is 1.45. The van der Waals surface area contributed by atoms with Gasteiger partial charge in [-0.25, -0.2) is 0 Å². The van der Waals surface area contributed by atoms with E-state index in [9.17, 15) is 9.59 Å². The van der Waals surface area contributed by atoms with E-state index in [1.807, 2.05) is 27.7 Å². The molecule has 118 valence electrons. The number of carboxylic acids is 1. The topological polar surface area (TPSA) is 83.6 Å². The van der Waals surface area contributed by atoms with Crippen molar-refractivity contribution in [2.75, 3.05) is 18.8 Å². The minimum Gasteiger partial charge on any atom is -0.480 e. The zero-order chi connectivity index (χ0) is 16.0. The van der Waals surface area contributed by atoms with Crippen molar-refractivity contribution in [3.05, 3.63) is 17.0 Å². The predicted molar refractivity (Wildman–Crippen MR) is 81.2 cm³/mol. The van der Waals surface area contributed by atoms with Crippen LogP contribution in [0.3, 0.4) is 0 Å². The summed E-state index contributed by atoms with van der Waals surface area (Å²) in [6.07, 6.45) is 0. The molecular formula is C14H22N2O4S. The number of aliphatic carboxylic acids is 1. The quantitative estimate of drug-likeness (QED) is 0.791. The SMILES string of the molecule is Cc1noc(C)c1CSCC(=O)N(CC(=O)O)CC(C)C. The Morgan fingerprint density at radius 1 is 1.38 bits per heavy atom. The van der Waals surface area contributed by atoms with Gasteiger partial charge in [0.15, 0.2) is 0 Å². The molecule has 0 unspecified atom stereocenters. The molecule has 0 aliphatic rings. The molecule has 1 aromatic heterocycles. The van der Waals surface area contributed by atoms with E-state index >= 15 is 0 Å². The van der Waals surface area contributed by atoms with Crippen molar-refractivity contribution in [2.45, 2.75) is 33.4 Å². The normalized spacial score (nSPS) is 10.9. The summed E-state index contributed by atoms with van der Waals surface area (Å²) in [6.45, 7) is 7.83. The Bertz CT molecular complexity index is 480. The maximum Gasteiger partial charge on any atom is 0.323 e. The minimum absolute atomic E-state index is 0.150. The van der Waals surface area contributed by atoms with E-state index < -0.39 is 5.97 Å². The average molecular weight is 314 g/mol. The lowest BCUT2D eigenvalue weighted by Gasteiger charge is -2.22. The Morgan fingerprint density at radius 2 is 2.05 bits per heavy atom. The van der Waals surface area contributed by atoms with Crippen LogP contribution >= 0.6 is 11.8 Å². The smallest absolute Gasteiger partial charge is 0.323 e. The third-order valence-corrected chi connectivity index (χ3v) is 3.86. The summed E-state index contributed by atoms with van der Waals surface area (Å²) in [5.74, 6) is 0.750. The third-order valence-electron chi connectivity index (χ3n) is 2.92. The summed E-state index contributed by atoms with van der Waals surface area (Å²) in [5.41, 5.74) is 1.83. The number of nitrogens with zero attached hydrogens (tertiary/aromatic N) is 2. The fraction of sp³-hybridized carbons (Fsp3) is 0.643. The average Bonchev–Trinajstić information content (AvgIpc) is 2.68. The molecule has 0 radical (unpaired) electrons. The van der Waals surface area contributed by atoms with Crippen molar-refractivity contribution in [2.24, 2.45) is 5.92 Å². The Hall–Kier alpha value is -1.50. The standard InChI is InChI=1S/C14H22N2O4S/c1-9(2)5-16(6-14(18)19)13(17)8-21-7-12-10(3)15-20-11(12)4/h9H,5-8H2,1-4H3,(H,18,19). The Balaban J connectivity index is 2.51. The summed E-state index contributed by atoms with van der Waals surface area (Å²) in [6, 6.07) is 0. The molecule has 0 saturated heterocycles. The van der Waals surface area contributed by atoms with E-state index in [4.69, 9.17) is 9.63 Å². The number of thioether (sulfide) groups is 1. The number of carbonyl (C=O) groups excluding carboxylic acids is 1. The van der Waals surface area contributed by atoms with Gasteiger partial charge in [-0.2, -0.15) is 0 Å². The Kier molecular flexibility index (Phi) is 6.74. The van der Waals surface area contributed by atoms with Crippen LogP contribution in [0.1, 0.15) is 30.9 Å². The van der Waals surface area contributed by atoms with Gasteiger partial charge in [0, 0.05) is 17.9 Å². The molecule has 0 fully saturated rings. The number of hydrogen-bond donors (Lipinski definition) is 1.